The van der Waals surface area contributed by atoms with E-state index in [0.29, 0.717) is 29.5 Å². The van der Waals surface area contributed by atoms with Crippen molar-refractivity contribution in [1.82, 2.24) is 15.2 Å². The van der Waals surface area contributed by atoms with Gasteiger partial charge in [0.25, 0.3) is 11.8 Å². The molecule has 3 heterocycles. The van der Waals surface area contributed by atoms with Crippen LogP contribution in [0.4, 0.5) is 5.69 Å². The summed E-state index contributed by atoms with van der Waals surface area (Å²) in [6, 6.07) is 7.42. The number of fused-ring (bicyclic) bond motifs is 1. The molecule has 2 aliphatic rings. The Morgan fingerprint density at radius 1 is 1.25 bits per heavy atom. The highest BCUT2D eigenvalue weighted by Crippen LogP contribution is 2.32. The van der Waals surface area contributed by atoms with Gasteiger partial charge < -0.3 is 14.8 Å². The molecule has 0 radical (unpaired) electrons. The van der Waals surface area contributed by atoms with Gasteiger partial charge in [0.2, 0.25) is 0 Å². The fraction of sp³-hybridized carbons (Fsp3) is 0.421. The van der Waals surface area contributed by atoms with E-state index in [4.69, 9.17) is 9.47 Å². The number of benzene rings is 1. The third-order valence-electron chi connectivity index (χ3n) is 4.70. The Balaban J connectivity index is 1.34. The van der Waals surface area contributed by atoms with Crippen LogP contribution in [0.15, 0.2) is 29.6 Å². The number of nitrogens with zero attached hydrogens (tertiary/aromatic N) is 3. The fourth-order valence-electron chi connectivity index (χ4n) is 3.19. The van der Waals surface area contributed by atoms with Crippen LogP contribution < -0.4 is 15.0 Å². The molecule has 1 saturated heterocycles. The summed E-state index contributed by atoms with van der Waals surface area (Å²) >= 11 is 1.38. The van der Waals surface area contributed by atoms with Crippen LogP contribution in [0.1, 0.15) is 15.5 Å². The summed E-state index contributed by atoms with van der Waals surface area (Å²) in [4.78, 5) is 33.0. The third-order valence-corrected chi connectivity index (χ3v) is 5.54. The zero-order chi connectivity index (χ0) is 19.3. The van der Waals surface area contributed by atoms with Gasteiger partial charge in [-0.15, -0.1) is 11.3 Å². The number of para-hydroxylation sites is 2. The molecule has 2 aromatic rings. The first-order chi connectivity index (χ1) is 13.7. The van der Waals surface area contributed by atoms with Gasteiger partial charge in [-0.1, -0.05) is 12.1 Å². The van der Waals surface area contributed by atoms with Crippen molar-refractivity contribution in [2.75, 3.05) is 50.9 Å². The molecule has 2 amide bonds. The van der Waals surface area contributed by atoms with Gasteiger partial charge in [0, 0.05) is 31.6 Å². The van der Waals surface area contributed by atoms with Crippen molar-refractivity contribution < 1.29 is 19.1 Å². The van der Waals surface area contributed by atoms with Gasteiger partial charge in [-0.25, -0.2) is 4.98 Å². The number of hydrogen-bond donors (Lipinski definition) is 1. The lowest BCUT2D eigenvalue weighted by molar-refractivity contribution is -0.121. The molecule has 9 heteroatoms. The first-order valence-electron chi connectivity index (χ1n) is 9.25. The second-order valence-electron chi connectivity index (χ2n) is 6.57. The third kappa shape index (κ3) is 4.32. The summed E-state index contributed by atoms with van der Waals surface area (Å²) in [7, 11) is 0. The fourth-order valence-corrected chi connectivity index (χ4v) is 3.96. The maximum atomic E-state index is 12.3. The first-order valence-corrected chi connectivity index (χ1v) is 10.1. The maximum absolute atomic E-state index is 12.3. The van der Waals surface area contributed by atoms with Crippen LogP contribution in [0.25, 0.3) is 0 Å². The van der Waals surface area contributed by atoms with Crippen molar-refractivity contribution in [2.45, 2.75) is 6.54 Å². The highest BCUT2D eigenvalue weighted by Gasteiger charge is 2.26. The molecule has 0 bridgehead atoms. The first kappa shape index (κ1) is 18.9. The van der Waals surface area contributed by atoms with Crippen molar-refractivity contribution in [2.24, 2.45) is 0 Å². The molecule has 8 nitrogen and oxygen atoms in total. The molecule has 0 atom stereocenters. The van der Waals surface area contributed by atoms with E-state index >= 15 is 0 Å². The molecule has 148 valence electrons. The van der Waals surface area contributed by atoms with Crippen LogP contribution in [-0.4, -0.2) is 67.7 Å². The Kier molecular flexibility index (Phi) is 5.84. The summed E-state index contributed by atoms with van der Waals surface area (Å²) < 4.78 is 10.8. The van der Waals surface area contributed by atoms with Gasteiger partial charge in [0.1, 0.15) is 16.5 Å². The Labute approximate surface area is 167 Å². The predicted octanol–water partition coefficient (Wildman–Crippen LogP) is 1.13. The number of carbonyl (C=O) groups excluding carboxylic acids is 2. The predicted molar refractivity (Wildman–Crippen MR) is 105 cm³/mol. The van der Waals surface area contributed by atoms with Crippen molar-refractivity contribution in [3.05, 3.63) is 40.3 Å². The van der Waals surface area contributed by atoms with Gasteiger partial charge in [0.05, 0.1) is 25.4 Å². The van der Waals surface area contributed by atoms with Crippen LogP contribution in [0.2, 0.25) is 0 Å². The van der Waals surface area contributed by atoms with Crippen LogP contribution >= 0.6 is 11.3 Å². The molecule has 0 aliphatic carbocycles. The molecular weight excluding hydrogens is 380 g/mol. The summed E-state index contributed by atoms with van der Waals surface area (Å²) in [5.41, 5.74) is 1.11. The van der Waals surface area contributed by atoms with Crippen LogP contribution in [0, 0.1) is 0 Å². The van der Waals surface area contributed by atoms with E-state index in [1.54, 1.807) is 10.3 Å². The number of carbonyl (C=O) groups is 2. The van der Waals surface area contributed by atoms with Gasteiger partial charge in [-0.05, 0) is 12.1 Å². The van der Waals surface area contributed by atoms with Crippen LogP contribution in [0.5, 0.6) is 5.75 Å². The average molecular weight is 402 g/mol. The number of hydrogen-bond acceptors (Lipinski definition) is 7. The Hall–Kier alpha value is -2.49. The molecule has 1 fully saturated rings. The summed E-state index contributed by atoms with van der Waals surface area (Å²) in [6.45, 7) is 4.98. The molecule has 0 spiro atoms. The number of aromatic nitrogens is 1. The lowest BCUT2D eigenvalue weighted by Gasteiger charge is -2.28. The number of thiazole rings is 1. The smallest absolute Gasteiger partial charge is 0.270 e. The lowest BCUT2D eigenvalue weighted by atomic mass is 10.2. The van der Waals surface area contributed by atoms with E-state index in [1.165, 1.54) is 11.3 Å². The monoisotopic (exact) mass is 402 g/mol. The molecule has 1 N–H and O–H groups in total. The van der Waals surface area contributed by atoms with Crippen molar-refractivity contribution >= 4 is 28.8 Å². The zero-order valence-electron chi connectivity index (χ0n) is 15.4. The van der Waals surface area contributed by atoms with E-state index in [9.17, 15) is 9.59 Å². The molecule has 1 aromatic heterocycles. The van der Waals surface area contributed by atoms with E-state index in [-0.39, 0.29) is 18.4 Å². The average Bonchev–Trinajstić information content (AvgIpc) is 3.20. The maximum Gasteiger partial charge on any atom is 0.270 e. The van der Waals surface area contributed by atoms with Crippen molar-refractivity contribution in [1.29, 1.82) is 0 Å². The molecule has 4 rings (SSSR count). The second-order valence-corrected chi connectivity index (χ2v) is 7.52. The molecular formula is C19H22N4O4S. The Bertz CT molecular complexity index is 850. The summed E-state index contributed by atoms with van der Waals surface area (Å²) in [6.07, 6.45) is 0. The largest absolute Gasteiger partial charge is 0.482 e. The number of anilines is 1. The SMILES string of the molecule is O=C(NCCN1CCOCC1)c1csc(CN2C(=O)COc3ccccc32)n1. The Morgan fingerprint density at radius 2 is 2.07 bits per heavy atom. The number of ether oxygens (including phenoxy) is 2. The molecule has 28 heavy (non-hydrogen) atoms. The van der Waals surface area contributed by atoms with Gasteiger partial charge >= 0.3 is 0 Å². The van der Waals surface area contributed by atoms with E-state index < -0.39 is 0 Å². The molecule has 0 unspecified atom stereocenters. The highest BCUT2D eigenvalue weighted by atomic mass is 32.1. The van der Waals surface area contributed by atoms with Crippen LogP contribution in [-0.2, 0) is 16.1 Å². The topological polar surface area (TPSA) is 84.0 Å². The van der Waals surface area contributed by atoms with E-state index in [2.05, 4.69) is 15.2 Å². The number of amides is 2. The van der Waals surface area contributed by atoms with Crippen molar-refractivity contribution in [3.63, 3.8) is 0 Å². The van der Waals surface area contributed by atoms with Crippen LogP contribution in [0.3, 0.4) is 0 Å². The number of rotatable bonds is 6. The Morgan fingerprint density at radius 3 is 2.93 bits per heavy atom. The standard InChI is InChI=1S/C19H22N4O4S/c24-18-12-27-16-4-2-1-3-15(16)23(18)11-17-21-14(13-28-17)19(25)20-5-6-22-7-9-26-10-8-22/h1-4,13H,5-12H2,(H,20,25). The van der Waals surface area contributed by atoms with Gasteiger partial charge in [0.15, 0.2) is 6.61 Å². The summed E-state index contributed by atoms with van der Waals surface area (Å²) in [5, 5.41) is 5.35. The molecule has 2 aliphatic heterocycles. The number of morpholine rings is 1. The van der Waals surface area contributed by atoms with E-state index in [1.807, 2.05) is 24.3 Å². The minimum Gasteiger partial charge on any atom is -0.482 e. The highest BCUT2D eigenvalue weighted by molar-refractivity contribution is 7.09. The molecule has 1 aromatic carbocycles. The minimum absolute atomic E-state index is 0.0112. The van der Waals surface area contributed by atoms with Gasteiger partial charge in [-0.2, -0.15) is 0 Å². The van der Waals surface area contributed by atoms with Crippen molar-refractivity contribution in [3.8, 4) is 5.75 Å². The summed E-state index contributed by atoms with van der Waals surface area (Å²) in [5.74, 6) is 0.370. The normalized spacial score (nSPS) is 17.1. The van der Waals surface area contributed by atoms with E-state index in [0.717, 1.165) is 38.5 Å². The van der Waals surface area contributed by atoms with Gasteiger partial charge in [-0.3, -0.25) is 19.4 Å². The quantitative estimate of drug-likeness (QED) is 0.780. The number of nitrogens with one attached hydrogen (secondary N) is 1. The zero-order valence-corrected chi connectivity index (χ0v) is 16.2. The second kappa shape index (κ2) is 8.68. The minimum atomic E-state index is -0.190. The lowest BCUT2D eigenvalue weighted by Crippen LogP contribution is -2.41. The molecule has 0 saturated carbocycles.